The van der Waals surface area contributed by atoms with E-state index >= 15 is 0 Å². The van der Waals surface area contributed by atoms with E-state index in [1.807, 2.05) is 4.90 Å². The topological polar surface area (TPSA) is 63.4 Å². The van der Waals surface area contributed by atoms with Gasteiger partial charge in [0.05, 0.1) is 4.90 Å². The molecule has 0 aliphatic carbocycles. The summed E-state index contributed by atoms with van der Waals surface area (Å²) in [6.45, 7) is 2.21. The number of rotatable bonds is 4. The van der Waals surface area contributed by atoms with Crippen molar-refractivity contribution in [3.05, 3.63) is 24.3 Å². The fraction of sp³-hybridized carbons (Fsp3) is 0.538. The summed E-state index contributed by atoms with van der Waals surface area (Å²) >= 11 is 0. The lowest BCUT2D eigenvalue weighted by Gasteiger charge is -2.19. The highest BCUT2D eigenvalue weighted by Gasteiger charge is 2.46. The maximum Gasteiger partial charge on any atom is 0.501 e. The highest BCUT2D eigenvalue weighted by molar-refractivity contribution is 7.92. The Kier molecular flexibility index (Phi) is 4.48. The Morgan fingerprint density at radius 2 is 1.86 bits per heavy atom. The zero-order valence-corrected chi connectivity index (χ0v) is 12.1. The summed E-state index contributed by atoms with van der Waals surface area (Å²) in [7, 11) is -5.27. The van der Waals surface area contributed by atoms with Crippen molar-refractivity contribution < 1.29 is 21.6 Å². The van der Waals surface area contributed by atoms with Crippen LogP contribution in [-0.4, -0.2) is 33.6 Å². The zero-order valence-electron chi connectivity index (χ0n) is 11.3. The molecule has 0 bridgehead atoms. The fourth-order valence-electron chi connectivity index (χ4n) is 2.51. The fourth-order valence-corrected chi connectivity index (χ4v) is 3.27. The molecule has 118 valence electrons. The van der Waals surface area contributed by atoms with E-state index in [0.717, 1.165) is 43.8 Å². The van der Waals surface area contributed by atoms with E-state index in [4.69, 9.17) is 5.73 Å². The third-order valence-electron chi connectivity index (χ3n) is 3.68. The van der Waals surface area contributed by atoms with Gasteiger partial charge in [0.2, 0.25) is 0 Å². The van der Waals surface area contributed by atoms with Crippen LogP contribution >= 0.6 is 0 Å². The summed E-state index contributed by atoms with van der Waals surface area (Å²) in [6.07, 6.45) is 1.90. The largest absolute Gasteiger partial charge is 0.501 e. The molecule has 1 aliphatic rings. The van der Waals surface area contributed by atoms with Crippen LogP contribution in [0, 0.1) is 5.92 Å². The molecule has 21 heavy (non-hydrogen) atoms. The van der Waals surface area contributed by atoms with Gasteiger partial charge in [0.25, 0.3) is 9.84 Å². The second-order valence-corrected chi connectivity index (χ2v) is 7.06. The lowest BCUT2D eigenvalue weighted by Crippen LogP contribution is -2.24. The van der Waals surface area contributed by atoms with Gasteiger partial charge in [-0.05, 0) is 49.6 Å². The van der Waals surface area contributed by atoms with E-state index < -0.39 is 20.2 Å². The summed E-state index contributed by atoms with van der Waals surface area (Å²) in [4.78, 5) is 1.31. The van der Waals surface area contributed by atoms with Crippen molar-refractivity contribution in [2.45, 2.75) is 23.2 Å². The number of anilines is 1. The molecule has 8 heteroatoms. The molecule has 1 aromatic carbocycles. The maximum atomic E-state index is 12.4. The number of alkyl halides is 3. The first-order chi connectivity index (χ1) is 9.75. The first-order valence-electron chi connectivity index (χ1n) is 6.62. The summed E-state index contributed by atoms with van der Waals surface area (Å²) in [6, 6.07) is 4.86. The monoisotopic (exact) mass is 322 g/mol. The predicted molar refractivity (Wildman–Crippen MR) is 73.7 cm³/mol. The second kappa shape index (κ2) is 5.84. The normalized spacial score (nSPS) is 20.0. The van der Waals surface area contributed by atoms with Crippen molar-refractivity contribution in [2.75, 3.05) is 24.5 Å². The molecule has 1 aromatic rings. The lowest BCUT2D eigenvalue weighted by atomic mass is 10.1. The van der Waals surface area contributed by atoms with E-state index in [-0.39, 0.29) is 0 Å². The predicted octanol–water partition coefficient (Wildman–Crippen LogP) is 2.16. The number of hydrogen-bond donors (Lipinski definition) is 1. The molecule has 2 rings (SSSR count). The van der Waals surface area contributed by atoms with Crippen LogP contribution < -0.4 is 10.6 Å². The van der Waals surface area contributed by atoms with Crippen LogP contribution in [0.4, 0.5) is 18.9 Å². The smallest absolute Gasteiger partial charge is 0.371 e. The van der Waals surface area contributed by atoms with E-state index in [9.17, 15) is 21.6 Å². The molecule has 0 saturated carbocycles. The number of sulfone groups is 1. The minimum atomic E-state index is -5.27. The molecule has 1 saturated heterocycles. The van der Waals surface area contributed by atoms with Crippen molar-refractivity contribution in [1.29, 1.82) is 0 Å². The molecule has 1 aliphatic heterocycles. The van der Waals surface area contributed by atoms with E-state index in [0.29, 0.717) is 12.5 Å². The van der Waals surface area contributed by atoms with Gasteiger partial charge in [-0.15, -0.1) is 0 Å². The molecule has 0 amide bonds. The Morgan fingerprint density at radius 1 is 1.24 bits per heavy atom. The van der Waals surface area contributed by atoms with Gasteiger partial charge in [-0.3, -0.25) is 0 Å². The van der Waals surface area contributed by atoms with Gasteiger partial charge in [0, 0.05) is 18.8 Å². The van der Waals surface area contributed by atoms with Gasteiger partial charge in [-0.25, -0.2) is 8.42 Å². The second-order valence-electron chi connectivity index (χ2n) is 5.12. The Bertz CT molecular complexity index is 584. The zero-order chi connectivity index (χ0) is 15.7. The number of hydrogen-bond acceptors (Lipinski definition) is 4. The number of benzene rings is 1. The minimum Gasteiger partial charge on any atom is -0.371 e. The van der Waals surface area contributed by atoms with E-state index in [1.165, 1.54) is 12.1 Å². The number of nitrogens with zero attached hydrogens (tertiary/aromatic N) is 1. The maximum absolute atomic E-state index is 12.4. The lowest BCUT2D eigenvalue weighted by molar-refractivity contribution is -0.0436. The van der Waals surface area contributed by atoms with Gasteiger partial charge < -0.3 is 10.6 Å². The Morgan fingerprint density at radius 3 is 2.38 bits per heavy atom. The first kappa shape index (κ1) is 16.1. The molecular formula is C13H17F3N2O2S. The standard InChI is InChI=1S/C13H17F3N2O2S/c14-13(15,16)21(19,20)12-3-1-11(2-4-12)18-8-6-10(9-18)5-7-17/h1-4,10H,5-9,17H2. The molecular weight excluding hydrogens is 305 g/mol. The molecule has 0 radical (unpaired) electrons. The van der Waals surface area contributed by atoms with Gasteiger partial charge in [-0.1, -0.05) is 0 Å². The van der Waals surface area contributed by atoms with Crippen LogP contribution in [-0.2, 0) is 9.84 Å². The van der Waals surface area contributed by atoms with E-state index in [2.05, 4.69) is 0 Å². The summed E-state index contributed by atoms with van der Waals surface area (Å²) in [5.74, 6) is 0.480. The number of halogens is 3. The Hall–Kier alpha value is -1.28. The van der Waals surface area contributed by atoms with Crippen LogP contribution in [0.5, 0.6) is 0 Å². The van der Waals surface area contributed by atoms with Crippen LogP contribution in [0.1, 0.15) is 12.8 Å². The van der Waals surface area contributed by atoms with Gasteiger partial charge in [0.15, 0.2) is 0 Å². The third kappa shape index (κ3) is 3.32. The van der Waals surface area contributed by atoms with Crippen LogP contribution in [0.3, 0.4) is 0 Å². The Balaban J connectivity index is 2.14. The van der Waals surface area contributed by atoms with Crippen LogP contribution in [0.2, 0.25) is 0 Å². The Labute approximate surface area is 121 Å². The summed E-state index contributed by atoms with van der Waals surface area (Å²) in [5.41, 5.74) is 0.972. The summed E-state index contributed by atoms with van der Waals surface area (Å²) < 4.78 is 59.9. The molecule has 2 N–H and O–H groups in total. The average Bonchev–Trinajstić information content (AvgIpc) is 2.87. The van der Waals surface area contributed by atoms with Crippen molar-refractivity contribution in [1.82, 2.24) is 0 Å². The van der Waals surface area contributed by atoms with Crippen LogP contribution in [0.25, 0.3) is 0 Å². The minimum absolute atomic E-state index is 0.480. The van der Waals surface area contributed by atoms with Crippen molar-refractivity contribution >= 4 is 15.5 Å². The summed E-state index contributed by atoms with van der Waals surface area (Å²) in [5, 5.41) is 0. The first-order valence-corrected chi connectivity index (χ1v) is 8.10. The van der Waals surface area contributed by atoms with Crippen LogP contribution in [0.15, 0.2) is 29.2 Å². The van der Waals surface area contributed by atoms with Crippen molar-refractivity contribution in [2.24, 2.45) is 11.7 Å². The SMILES string of the molecule is NCCC1CCN(c2ccc(S(=O)(=O)C(F)(F)F)cc2)C1. The molecule has 0 spiro atoms. The highest BCUT2D eigenvalue weighted by Crippen LogP contribution is 2.32. The molecule has 1 heterocycles. The van der Waals surface area contributed by atoms with E-state index in [1.54, 1.807) is 0 Å². The average molecular weight is 322 g/mol. The molecule has 4 nitrogen and oxygen atoms in total. The molecule has 1 fully saturated rings. The quantitative estimate of drug-likeness (QED) is 0.923. The molecule has 0 aromatic heterocycles. The van der Waals surface area contributed by atoms with Crippen molar-refractivity contribution in [3.8, 4) is 0 Å². The number of nitrogens with two attached hydrogens (primary N) is 1. The van der Waals surface area contributed by atoms with Gasteiger partial charge in [-0.2, -0.15) is 13.2 Å². The van der Waals surface area contributed by atoms with Crippen molar-refractivity contribution in [3.63, 3.8) is 0 Å². The third-order valence-corrected chi connectivity index (χ3v) is 5.18. The highest BCUT2D eigenvalue weighted by atomic mass is 32.2. The van der Waals surface area contributed by atoms with Gasteiger partial charge in [0.1, 0.15) is 0 Å². The molecule has 1 unspecified atom stereocenters. The molecule has 1 atom stereocenters. The van der Waals surface area contributed by atoms with Gasteiger partial charge >= 0.3 is 5.51 Å².